The largest absolute Gasteiger partial charge is 0.394 e. The van der Waals surface area contributed by atoms with E-state index in [1.54, 1.807) is 4.90 Å². The molecule has 2 fully saturated rings. The van der Waals surface area contributed by atoms with Gasteiger partial charge in [-0.2, -0.15) is 0 Å². The van der Waals surface area contributed by atoms with Gasteiger partial charge in [-0.3, -0.25) is 4.79 Å². The molecule has 2 aliphatic rings. The minimum Gasteiger partial charge on any atom is -0.394 e. The van der Waals surface area contributed by atoms with E-state index in [9.17, 15) is 4.79 Å². The molecule has 0 aliphatic carbocycles. The topological polar surface area (TPSA) is 49.8 Å². The first-order chi connectivity index (χ1) is 4.83. The third-order valence-electron chi connectivity index (χ3n) is 2.03. The fourth-order valence-corrected chi connectivity index (χ4v) is 1.42. The van der Waals surface area contributed by atoms with Crippen molar-refractivity contribution in [3.63, 3.8) is 0 Å². The van der Waals surface area contributed by atoms with Gasteiger partial charge in [-0.25, -0.2) is 0 Å². The summed E-state index contributed by atoms with van der Waals surface area (Å²) in [7, 11) is 0. The van der Waals surface area contributed by atoms with Crippen LogP contribution in [0.4, 0.5) is 0 Å². The minimum atomic E-state index is -0.0775. The number of aliphatic hydroxyl groups excluding tert-OH is 1. The van der Waals surface area contributed by atoms with Gasteiger partial charge in [-0.15, -0.1) is 0 Å². The van der Waals surface area contributed by atoms with Gasteiger partial charge in [0, 0.05) is 0 Å². The van der Waals surface area contributed by atoms with Crippen LogP contribution >= 0.6 is 0 Å². The van der Waals surface area contributed by atoms with Gasteiger partial charge < -0.3 is 14.7 Å². The number of carbonyl (C=O) groups is 1. The molecule has 0 aromatic carbocycles. The number of aliphatic hydroxyl groups is 1. The molecule has 10 heavy (non-hydrogen) atoms. The van der Waals surface area contributed by atoms with E-state index in [1.165, 1.54) is 0 Å². The number of β-lactam (4-membered cyclic amide) rings is 1. The zero-order valence-electron chi connectivity index (χ0n) is 5.49. The van der Waals surface area contributed by atoms with Crippen LogP contribution in [0, 0.1) is 0 Å². The van der Waals surface area contributed by atoms with Crippen LogP contribution < -0.4 is 0 Å². The lowest BCUT2D eigenvalue weighted by Crippen LogP contribution is -2.53. The second-order valence-electron chi connectivity index (χ2n) is 2.63. The van der Waals surface area contributed by atoms with Gasteiger partial charge in [0.05, 0.1) is 25.7 Å². The molecule has 0 aromatic heterocycles. The smallest absolute Gasteiger partial charge is 0.229 e. The summed E-state index contributed by atoms with van der Waals surface area (Å²) in [5.41, 5.74) is 0. The monoisotopic (exact) mass is 143 g/mol. The molecular weight excluding hydrogens is 134 g/mol. The lowest BCUT2D eigenvalue weighted by Gasteiger charge is -2.35. The highest BCUT2D eigenvalue weighted by Crippen LogP contribution is 2.28. The first-order valence-corrected chi connectivity index (χ1v) is 3.36. The van der Waals surface area contributed by atoms with Crippen molar-refractivity contribution < 1.29 is 14.6 Å². The van der Waals surface area contributed by atoms with Crippen molar-refractivity contribution >= 4 is 5.91 Å². The number of hydrogen-bond acceptors (Lipinski definition) is 3. The van der Waals surface area contributed by atoms with Crippen molar-refractivity contribution in [2.24, 2.45) is 0 Å². The maximum atomic E-state index is 10.8. The van der Waals surface area contributed by atoms with Crippen LogP contribution in [0.2, 0.25) is 0 Å². The first kappa shape index (κ1) is 6.12. The van der Waals surface area contributed by atoms with Crippen molar-refractivity contribution in [1.29, 1.82) is 0 Å². The number of nitrogens with zero attached hydrogens (tertiary/aromatic N) is 1. The molecule has 0 bridgehead atoms. The Kier molecular flexibility index (Phi) is 1.18. The molecule has 4 heteroatoms. The van der Waals surface area contributed by atoms with Crippen LogP contribution in [-0.2, 0) is 9.53 Å². The van der Waals surface area contributed by atoms with Gasteiger partial charge in [0.2, 0.25) is 5.91 Å². The Morgan fingerprint density at radius 1 is 1.80 bits per heavy atom. The zero-order chi connectivity index (χ0) is 7.14. The molecule has 2 aliphatic heterocycles. The maximum absolute atomic E-state index is 10.8. The zero-order valence-corrected chi connectivity index (χ0v) is 5.49. The first-order valence-electron chi connectivity index (χ1n) is 3.36. The molecule has 2 unspecified atom stereocenters. The van der Waals surface area contributed by atoms with Crippen molar-refractivity contribution in [1.82, 2.24) is 4.90 Å². The summed E-state index contributed by atoms with van der Waals surface area (Å²) in [5.74, 6) is 0.0987. The second kappa shape index (κ2) is 1.93. The van der Waals surface area contributed by atoms with Crippen molar-refractivity contribution in [2.45, 2.75) is 18.7 Å². The second-order valence-corrected chi connectivity index (χ2v) is 2.63. The standard InChI is InChI=1S/C6H9NO3/c8-2-4-3-10-6-1-5(9)7(4)6/h4,6,8H,1-3H2. The number of amides is 1. The van der Waals surface area contributed by atoms with Crippen molar-refractivity contribution in [2.75, 3.05) is 13.2 Å². The molecular formula is C6H9NO3. The molecule has 2 rings (SSSR count). The summed E-state index contributed by atoms with van der Waals surface area (Å²) in [6.45, 7) is 0.509. The quantitative estimate of drug-likeness (QED) is 0.476. The fraction of sp³-hybridized carbons (Fsp3) is 0.833. The van der Waals surface area contributed by atoms with Gasteiger partial charge >= 0.3 is 0 Å². The fourth-order valence-electron chi connectivity index (χ4n) is 1.42. The molecule has 0 spiro atoms. The highest BCUT2D eigenvalue weighted by atomic mass is 16.5. The van der Waals surface area contributed by atoms with E-state index < -0.39 is 0 Å². The molecule has 2 atom stereocenters. The van der Waals surface area contributed by atoms with Crippen LogP contribution in [0.15, 0.2) is 0 Å². The molecule has 2 heterocycles. The van der Waals surface area contributed by atoms with Crippen LogP contribution in [0.1, 0.15) is 6.42 Å². The molecule has 0 saturated carbocycles. The molecule has 2 saturated heterocycles. The number of carbonyl (C=O) groups excluding carboxylic acids is 1. The third-order valence-corrected chi connectivity index (χ3v) is 2.03. The highest BCUT2D eigenvalue weighted by Gasteiger charge is 2.46. The molecule has 4 nitrogen and oxygen atoms in total. The summed E-state index contributed by atoms with van der Waals surface area (Å²) < 4.78 is 5.17. The van der Waals surface area contributed by atoms with E-state index >= 15 is 0 Å². The Labute approximate surface area is 58.4 Å². The van der Waals surface area contributed by atoms with E-state index in [0.29, 0.717) is 13.0 Å². The lowest BCUT2D eigenvalue weighted by atomic mass is 10.1. The Bertz CT molecular complexity index is 170. The molecule has 1 N–H and O–H groups in total. The van der Waals surface area contributed by atoms with E-state index in [0.717, 1.165) is 0 Å². The summed E-state index contributed by atoms with van der Waals surface area (Å²) in [6.07, 6.45) is 0.473. The van der Waals surface area contributed by atoms with E-state index in [-0.39, 0.29) is 24.8 Å². The van der Waals surface area contributed by atoms with Crippen molar-refractivity contribution in [3.8, 4) is 0 Å². The number of ether oxygens (including phenoxy) is 1. The average Bonchev–Trinajstić information content (AvgIpc) is 2.25. The van der Waals surface area contributed by atoms with Crippen LogP contribution in [0.5, 0.6) is 0 Å². The van der Waals surface area contributed by atoms with Crippen LogP contribution in [0.3, 0.4) is 0 Å². The normalized spacial score (nSPS) is 37.7. The van der Waals surface area contributed by atoms with Gasteiger partial charge in [0.1, 0.15) is 6.23 Å². The van der Waals surface area contributed by atoms with Gasteiger partial charge in [0.15, 0.2) is 0 Å². The Morgan fingerprint density at radius 3 is 3.10 bits per heavy atom. The number of fused-ring (bicyclic) bond motifs is 1. The summed E-state index contributed by atoms with van der Waals surface area (Å²) in [4.78, 5) is 12.4. The van der Waals surface area contributed by atoms with E-state index in [2.05, 4.69) is 0 Å². The van der Waals surface area contributed by atoms with Gasteiger partial charge in [-0.05, 0) is 0 Å². The highest BCUT2D eigenvalue weighted by molar-refractivity contribution is 5.83. The maximum Gasteiger partial charge on any atom is 0.229 e. The van der Waals surface area contributed by atoms with E-state index in [4.69, 9.17) is 9.84 Å². The molecule has 0 aromatic rings. The summed E-state index contributed by atoms with van der Waals surface area (Å²) >= 11 is 0. The number of rotatable bonds is 1. The lowest BCUT2D eigenvalue weighted by molar-refractivity contribution is -0.158. The van der Waals surface area contributed by atoms with Crippen LogP contribution in [-0.4, -0.2) is 41.4 Å². The Hall–Kier alpha value is -0.610. The summed E-state index contributed by atoms with van der Waals surface area (Å²) in [5, 5.41) is 8.73. The molecule has 0 radical (unpaired) electrons. The van der Waals surface area contributed by atoms with E-state index in [1.807, 2.05) is 0 Å². The number of hydrogen-bond donors (Lipinski definition) is 1. The average molecular weight is 143 g/mol. The predicted octanol–water partition coefficient (Wildman–Crippen LogP) is -1.06. The SMILES string of the molecule is O=C1CC2OCC(CO)N12. The molecule has 56 valence electrons. The summed E-state index contributed by atoms with van der Waals surface area (Å²) in [6, 6.07) is -0.0775. The van der Waals surface area contributed by atoms with Crippen LogP contribution in [0.25, 0.3) is 0 Å². The van der Waals surface area contributed by atoms with Gasteiger partial charge in [0.25, 0.3) is 0 Å². The molecule has 1 amide bonds. The third kappa shape index (κ3) is 0.602. The Balaban J connectivity index is 2.07. The predicted molar refractivity (Wildman–Crippen MR) is 32.1 cm³/mol. The van der Waals surface area contributed by atoms with Crippen molar-refractivity contribution in [3.05, 3.63) is 0 Å². The Morgan fingerprint density at radius 2 is 2.60 bits per heavy atom. The van der Waals surface area contributed by atoms with Gasteiger partial charge in [-0.1, -0.05) is 0 Å². The minimum absolute atomic E-state index is 0.0161.